The number of anilines is 2. The van der Waals surface area contributed by atoms with Crippen molar-refractivity contribution < 1.29 is 4.79 Å². The number of benzene rings is 2. The van der Waals surface area contributed by atoms with Crippen LogP contribution in [0.3, 0.4) is 0 Å². The van der Waals surface area contributed by atoms with Crippen LogP contribution in [0.4, 0.5) is 11.4 Å². The van der Waals surface area contributed by atoms with Crippen LogP contribution in [-0.2, 0) is 4.79 Å². The Morgan fingerprint density at radius 2 is 1.08 bits per heavy atom. The number of halogens is 4. The highest BCUT2D eigenvalue weighted by Gasteiger charge is 2.36. The van der Waals surface area contributed by atoms with Gasteiger partial charge in [-0.15, -0.1) is 24.8 Å². The third-order valence-corrected chi connectivity index (χ3v) is 8.17. The number of hydrogen-bond acceptors (Lipinski definition) is 7. The van der Waals surface area contributed by atoms with E-state index in [1.54, 1.807) is 0 Å². The number of hydrogen-bond donors (Lipinski definition) is 4. The molecule has 0 aromatic heterocycles. The molecule has 2 aromatic rings. The van der Waals surface area contributed by atoms with E-state index in [2.05, 4.69) is 20.4 Å². The zero-order chi connectivity index (χ0) is 25.5. The number of nitrogens with zero attached hydrogens (tertiary/aromatic N) is 2. The molecule has 0 radical (unpaired) electrons. The number of Topliss-reactive ketones (excluding diaryl/α,β-unsaturated/α-hetero) is 1. The van der Waals surface area contributed by atoms with Crippen molar-refractivity contribution in [1.82, 2.24) is 9.80 Å². The fourth-order valence-corrected chi connectivity index (χ4v) is 5.80. The number of nitrogens with two attached hydrogens (primary N) is 2. The van der Waals surface area contributed by atoms with Gasteiger partial charge in [-0.3, -0.25) is 14.6 Å². The Labute approximate surface area is 248 Å². The van der Waals surface area contributed by atoms with Crippen LogP contribution in [0.15, 0.2) is 48.5 Å². The molecule has 0 spiro atoms. The zero-order valence-electron chi connectivity index (χ0n) is 21.5. The van der Waals surface area contributed by atoms with Crippen LogP contribution in [0.25, 0.3) is 0 Å². The summed E-state index contributed by atoms with van der Waals surface area (Å²) in [7, 11) is 0. The van der Waals surface area contributed by atoms with Crippen LogP contribution < -0.4 is 22.1 Å². The first-order chi connectivity index (χ1) is 17.5. The zero-order valence-corrected chi connectivity index (χ0v) is 24.7. The van der Waals surface area contributed by atoms with Crippen molar-refractivity contribution in [3.8, 4) is 0 Å². The van der Waals surface area contributed by atoms with Crippen molar-refractivity contribution in [2.45, 2.75) is 49.9 Å². The minimum absolute atomic E-state index is 0. The first kappa shape index (κ1) is 32.9. The molecule has 0 bridgehead atoms. The maximum absolute atomic E-state index is 13.6. The summed E-state index contributed by atoms with van der Waals surface area (Å²) in [6, 6.07) is 15.6. The second-order valence-corrected chi connectivity index (χ2v) is 10.6. The van der Waals surface area contributed by atoms with Crippen LogP contribution >= 0.6 is 48.0 Å². The Hall–Kier alpha value is -1.29. The molecule has 38 heavy (non-hydrogen) atoms. The monoisotopic (exact) mass is 604 g/mol. The molecule has 2 aromatic carbocycles. The molecule has 0 amide bonds. The highest BCUT2D eigenvalue weighted by atomic mass is 35.5. The third-order valence-electron chi connectivity index (χ3n) is 7.51. The number of piperidine rings is 2. The lowest BCUT2D eigenvalue weighted by molar-refractivity contribution is -0.130. The molecule has 212 valence electrons. The summed E-state index contributed by atoms with van der Waals surface area (Å²) in [4.78, 5) is 18.1. The van der Waals surface area contributed by atoms with Crippen LogP contribution in [0.1, 0.15) is 25.7 Å². The van der Waals surface area contributed by atoms with E-state index in [1.807, 2.05) is 48.5 Å². The van der Waals surface area contributed by atoms with Crippen molar-refractivity contribution >= 4 is 65.2 Å². The van der Waals surface area contributed by atoms with Gasteiger partial charge in [0.1, 0.15) is 0 Å². The molecule has 4 rings (SSSR count). The quantitative estimate of drug-likeness (QED) is 0.316. The van der Waals surface area contributed by atoms with Gasteiger partial charge in [-0.25, -0.2) is 0 Å². The fraction of sp³-hybridized carbons (Fsp3) is 0.519. The molecule has 2 aliphatic heterocycles. The van der Waals surface area contributed by atoms with Crippen molar-refractivity contribution in [3.05, 3.63) is 58.6 Å². The van der Waals surface area contributed by atoms with Gasteiger partial charge < -0.3 is 22.1 Å². The van der Waals surface area contributed by atoms with Gasteiger partial charge in [0.05, 0.1) is 33.5 Å². The SMILES string of the molecule is Cl.Cl.NCC(C(=O)C(CN)N1CCC(Nc2ccccc2Cl)CC1)N1CCC(Nc2ccccc2Cl)CC1. The first-order valence-corrected chi connectivity index (χ1v) is 13.7. The molecular weight excluding hydrogens is 566 g/mol. The molecule has 0 saturated carbocycles. The molecule has 2 atom stereocenters. The summed E-state index contributed by atoms with van der Waals surface area (Å²) in [5.41, 5.74) is 14.2. The second kappa shape index (κ2) is 16.1. The predicted molar refractivity (Wildman–Crippen MR) is 165 cm³/mol. The van der Waals surface area contributed by atoms with Gasteiger partial charge >= 0.3 is 0 Å². The minimum atomic E-state index is -0.307. The normalized spacial score (nSPS) is 19.1. The van der Waals surface area contributed by atoms with E-state index < -0.39 is 0 Å². The lowest BCUT2D eigenvalue weighted by Gasteiger charge is -2.41. The molecule has 7 nitrogen and oxygen atoms in total. The van der Waals surface area contributed by atoms with Crippen LogP contribution in [-0.4, -0.2) is 79.0 Å². The van der Waals surface area contributed by atoms with Gasteiger partial charge in [0.2, 0.25) is 0 Å². The Morgan fingerprint density at radius 1 is 0.737 bits per heavy atom. The topological polar surface area (TPSA) is 99.6 Å². The van der Waals surface area contributed by atoms with Gasteiger partial charge in [-0.2, -0.15) is 0 Å². The van der Waals surface area contributed by atoms with E-state index in [-0.39, 0.29) is 42.7 Å². The van der Waals surface area contributed by atoms with Crippen molar-refractivity contribution in [1.29, 1.82) is 0 Å². The van der Waals surface area contributed by atoms with E-state index in [4.69, 9.17) is 34.7 Å². The molecule has 2 unspecified atom stereocenters. The number of rotatable bonds is 10. The third kappa shape index (κ3) is 8.35. The predicted octanol–water partition coefficient (Wildman–Crippen LogP) is 4.51. The molecule has 6 N–H and O–H groups in total. The number of ketones is 1. The molecular formula is C27H40Cl4N6O. The van der Waals surface area contributed by atoms with Gasteiger partial charge in [0.15, 0.2) is 5.78 Å². The van der Waals surface area contributed by atoms with E-state index >= 15 is 0 Å². The summed E-state index contributed by atoms with van der Waals surface area (Å²) in [6.07, 6.45) is 3.73. The average molecular weight is 606 g/mol. The molecule has 2 aliphatic rings. The second-order valence-electron chi connectivity index (χ2n) is 9.77. The highest BCUT2D eigenvalue weighted by Crippen LogP contribution is 2.26. The number of likely N-dealkylation sites (tertiary alicyclic amines) is 2. The van der Waals surface area contributed by atoms with Crippen LogP contribution in [0, 0.1) is 0 Å². The van der Waals surface area contributed by atoms with Crippen molar-refractivity contribution in [3.63, 3.8) is 0 Å². The van der Waals surface area contributed by atoms with E-state index in [0.717, 1.165) is 73.3 Å². The molecule has 11 heteroatoms. The number of carbonyl (C=O) groups excluding carboxylic acids is 1. The summed E-state index contributed by atoms with van der Waals surface area (Å²) in [6.45, 7) is 3.88. The Morgan fingerprint density at radius 3 is 1.39 bits per heavy atom. The van der Waals surface area contributed by atoms with E-state index in [1.165, 1.54) is 0 Å². The molecule has 2 heterocycles. The van der Waals surface area contributed by atoms with E-state index in [0.29, 0.717) is 25.2 Å². The number of para-hydroxylation sites is 2. The highest BCUT2D eigenvalue weighted by molar-refractivity contribution is 6.33. The first-order valence-electron chi connectivity index (χ1n) is 12.9. The molecule has 2 fully saturated rings. The lowest BCUT2D eigenvalue weighted by Crippen LogP contribution is -2.59. The summed E-state index contributed by atoms with van der Waals surface area (Å²) < 4.78 is 0. The maximum Gasteiger partial charge on any atom is 0.169 e. The number of nitrogens with one attached hydrogen (secondary N) is 2. The standard InChI is InChI=1S/C27H38Cl2N6O.2ClH/c28-21-5-1-3-7-23(21)32-19-9-13-34(14-10-19)25(17-30)27(36)26(18-31)35-15-11-20(12-16-35)33-24-8-4-2-6-22(24)29;;/h1-8,19-20,25-26,32-33H,9-18,30-31H2;2*1H. The Balaban J connectivity index is 0.00000253. The minimum Gasteiger partial charge on any atom is -0.381 e. The Bertz CT molecular complexity index is 922. The van der Waals surface area contributed by atoms with Gasteiger partial charge in [0.25, 0.3) is 0 Å². The van der Waals surface area contributed by atoms with Gasteiger partial charge in [0, 0.05) is 51.4 Å². The largest absolute Gasteiger partial charge is 0.381 e. The summed E-state index contributed by atoms with van der Waals surface area (Å²) in [5, 5.41) is 8.55. The number of carbonyl (C=O) groups is 1. The van der Waals surface area contributed by atoms with Gasteiger partial charge in [-0.05, 0) is 49.9 Å². The summed E-state index contributed by atoms with van der Waals surface area (Å²) in [5.74, 6) is 0.148. The molecule has 2 saturated heterocycles. The average Bonchev–Trinajstić information content (AvgIpc) is 2.90. The van der Waals surface area contributed by atoms with Crippen molar-refractivity contribution in [2.24, 2.45) is 11.5 Å². The van der Waals surface area contributed by atoms with Gasteiger partial charge in [-0.1, -0.05) is 47.5 Å². The van der Waals surface area contributed by atoms with E-state index in [9.17, 15) is 4.79 Å². The van der Waals surface area contributed by atoms with Crippen LogP contribution in [0.2, 0.25) is 10.0 Å². The molecule has 0 aliphatic carbocycles. The maximum atomic E-state index is 13.6. The van der Waals surface area contributed by atoms with Crippen LogP contribution in [0.5, 0.6) is 0 Å². The summed E-state index contributed by atoms with van der Waals surface area (Å²) >= 11 is 12.6. The smallest absolute Gasteiger partial charge is 0.169 e. The Kier molecular flexibility index (Phi) is 13.9. The fourth-order valence-electron chi connectivity index (χ4n) is 5.42. The lowest BCUT2D eigenvalue weighted by atomic mass is 9.95. The van der Waals surface area contributed by atoms with Crippen molar-refractivity contribution in [2.75, 3.05) is 49.9 Å².